The van der Waals surface area contributed by atoms with Crippen LogP contribution in [0, 0.1) is 11.3 Å². The van der Waals surface area contributed by atoms with Crippen molar-refractivity contribution in [1.29, 1.82) is 0 Å². The van der Waals surface area contributed by atoms with E-state index in [0.29, 0.717) is 11.1 Å². The molecule has 108 valence electrons. The highest BCUT2D eigenvalue weighted by Crippen LogP contribution is 2.33. The Balaban J connectivity index is 2.27. The van der Waals surface area contributed by atoms with E-state index >= 15 is 0 Å². The summed E-state index contributed by atoms with van der Waals surface area (Å²) in [7, 11) is 0. The van der Waals surface area contributed by atoms with Crippen LogP contribution in [-0.4, -0.2) is 11.6 Å². The van der Waals surface area contributed by atoms with Gasteiger partial charge in [-0.25, -0.2) is 0 Å². The van der Waals surface area contributed by atoms with Crippen LogP contribution in [0.25, 0.3) is 0 Å². The number of carbonyl (C=O) groups excluding carboxylic acids is 2. The zero-order valence-corrected chi connectivity index (χ0v) is 12.7. The summed E-state index contributed by atoms with van der Waals surface area (Å²) in [5.41, 5.74) is 0.558. The molecule has 2 aromatic carbocycles. The number of hydrogen-bond donors (Lipinski definition) is 0. The Labute approximate surface area is 125 Å². The maximum absolute atomic E-state index is 12.7. The minimum atomic E-state index is -0.742. The molecule has 0 spiro atoms. The van der Waals surface area contributed by atoms with Crippen LogP contribution in [0.15, 0.2) is 60.7 Å². The van der Waals surface area contributed by atoms with Crippen molar-refractivity contribution in [2.24, 2.45) is 11.3 Å². The fourth-order valence-electron chi connectivity index (χ4n) is 2.34. The van der Waals surface area contributed by atoms with Gasteiger partial charge in [0.2, 0.25) is 0 Å². The monoisotopic (exact) mass is 280 g/mol. The van der Waals surface area contributed by atoms with E-state index in [1.807, 2.05) is 57.2 Å². The van der Waals surface area contributed by atoms with E-state index in [0.717, 1.165) is 0 Å². The summed E-state index contributed by atoms with van der Waals surface area (Å²) in [5.74, 6) is -0.377. The van der Waals surface area contributed by atoms with Crippen LogP contribution in [0.4, 0.5) is 0 Å². The highest BCUT2D eigenvalue weighted by Gasteiger charge is 2.38. The van der Waals surface area contributed by atoms with Crippen molar-refractivity contribution in [2.75, 3.05) is 0 Å². The molecule has 0 heterocycles. The Morgan fingerprint density at radius 3 is 1.71 bits per heavy atom. The summed E-state index contributed by atoms with van der Waals surface area (Å²) in [4.78, 5) is 25.3. The molecule has 0 N–H and O–H groups in total. The van der Waals surface area contributed by atoms with Crippen molar-refractivity contribution in [3.63, 3.8) is 0 Å². The maximum atomic E-state index is 12.7. The predicted molar refractivity (Wildman–Crippen MR) is 84.5 cm³/mol. The first kappa shape index (κ1) is 15.2. The summed E-state index contributed by atoms with van der Waals surface area (Å²) in [6.07, 6.45) is 0. The van der Waals surface area contributed by atoms with Gasteiger partial charge in [-0.2, -0.15) is 0 Å². The molecule has 0 amide bonds. The normalized spacial score (nSPS) is 12.7. The molecule has 0 radical (unpaired) electrons. The Hall–Kier alpha value is -2.22. The highest BCUT2D eigenvalue weighted by atomic mass is 16.1. The summed E-state index contributed by atoms with van der Waals surface area (Å²) in [5, 5.41) is 0. The van der Waals surface area contributed by atoms with Crippen LogP contribution in [0.3, 0.4) is 0 Å². The molecule has 2 heteroatoms. The largest absolute Gasteiger partial charge is 0.294 e. The molecule has 2 rings (SSSR count). The third-order valence-electron chi connectivity index (χ3n) is 4.16. The lowest BCUT2D eigenvalue weighted by Crippen LogP contribution is -2.36. The van der Waals surface area contributed by atoms with E-state index in [1.54, 1.807) is 24.3 Å². The molecular formula is C19H20O2. The van der Waals surface area contributed by atoms with Crippen molar-refractivity contribution >= 4 is 11.6 Å². The zero-order valence-electron chi connectivity index (χ0n) is 12.7. The summed E-state index contributed by atoms with van der Waals surface area (Å²) in [6.45, 7) is 5.51. The first-order chi connectivity index (χ1) is 9.94. The van der Waals surface area contributed by atoms with Crippen LogP contribution in [0.5, 0.6) is 0 Å². The molecule has 0 aliphatic rings. The van der Waals surface area contributed by atoms with Crippen molar-refractivity contribution < 1.29 is 9.59 Å². The van der Waals surface area contributed by atoms with Gasteiger partial charge in [0.15, 0.2) is 11.6 Å². The van der Waals surface area contributed by atoms with E-state index in [1.165, 1.54) is 0 Å². The number of benzene rings is 2. The number of ketones is 2. The van der Waals surface area contributed by atoms with Gasteiger partial charge in [0.25, 0.3) is 0 Å². The lowest BCUT2D eigenvalue weighted by molar-refractivity contribution is 0.0667. The smallest absolute Gasteiger partial charge is 0.169 e. The first-order valence-corrected chi connectivity index (χ1v) is 7.13. The second-order valence-corrected chi connectivity index (χ2v) is 5.87. The van der Waals surface area contributed by atoms with Gasteiger partial charge in [-0.05, 0) is 0 Å². The molecule has 0 aliphatic heterocycles. The quantitative estimate of drug-likeness (QED) is 0.760. The molecule has 21 heavy (non-hydrogen) atoms. The Morgan fingerprint density at radius 1 is 0.810 bits per heavy atom. The van der Waals surface area contributed by atoms with Crippen LogP contribution in [0.2, 0.25) is 0 Å². The number of hydrogen-bond acceptors (Lipinski definition) is 2. The molecule has 1 atom stereocenters. The SMILES string of the molecule is CC(C(=O)c1ccccc1)C(C)(C)C(=O)c1ccccc1. The van der Waals surface area contributed by atoms with Gasteiger partial charge in [0.1, 0.15) is 0 Å². The molecule has 1 unspecified atom stereocenters. The van der Waals surface area contributed by atoms with E-state index in [9.17, 15) is 9.59 Å². The molecule has 0 saturated heterocycles. The highest BCUT2D eigenvalue weighted by molar-refractivity contribution is 6.06. The standard InChI is InChI=1S/C19H20O2/c1-14(17(20)15-10-6-4-7-11-15)19(2,3)18(21)16-12-8-5-9-13-16/h4-14H,1-3H3. The Morgan fingerprint density at radius 2 is 1.24 bits per heavy atom. The molecule has 0 fully saturated rings. The van der Waals surface area contributed by atoms with Gasteiger partial charge < -0.3 is 0 Å². The summed E-state index contributed by atoms with van der Waals surface area (Å²) in [6, 6.07) is 18.3. The molecule has 2 nitrogen and oxygen atoms in total. The van der Waals surface area contributed by atoms with E-state index < -0.39 is 5.41 Å². The van der Waals surface area contributed by atoms with Gasteiger partial charge in [-0.3, -0.25) is 9.59 Å². The van der Waals surface area contributed by atoms with E-state index in [2.05, 4.69) is 0 Å². The van der Waals surface area contributed by atoms with Crippen molar-refractivity contribution in [3.8, 4) is 0 Å². The number of carbonyl (C=O) groups is 2. The molecule has 0 bridgehead atoms. The average Bonchev–Trinajstić information content (AvgIpc) is 2.54. The van der Waals surface area contributed by atoms with E-state index in [4.69, 9.17) is 0 Å². The van der Waals surface area contributed by atoms with E-state index in [-0.39, 0.29) is 17.5 Å². The topological polar surface area (TPSA) is 34.1 Å². The second-order valence-electron chi connectivity index (χ2n) is 5.87. The molecule has 0 aromatic heterocycles. The summed E-state index contributed by atoms with van der Waals surface area (Å²) < 4.78 is 0. The van der Waals surface area contributed by atoms with Gasteiger partial charge in [-0.1, -0.05) is 81.4 Å². The fraction of sp³-hybridized carbons (Fsp3) is 0.263. The van der Waals surface area contributed by atoms with Crippen LogP contribution in [-0.2, 0) is 0 Å². The zero-order chi connectivity index (χ0) is 15.5. The van der Waals surface area contributed by atoms with Crippen LogP contribution in [0.1, 0.15) is 41.5 Å². The van der Waals surface area contributed by atoms with Crippen LogP contribution < -0.4 is 0 Å². The lowest BCUT2D eigenvalue weighted by atomic mass is 9.71. The number of Topliss-reactive ketones (excluding diaryl/α,β-unsaturated/α-hetero) is 2. The minimum Gasteiger partial charge on any atom is -0.294 e. The van der Waals surface area contributed by atoms with Gasteiger partial charge in [-0.15, -0.1) is 0 Å². The molecular weight excluding hydrogens is 260 g/mol. The first-order valence-electron chi connectivity index (χ1n) is 7.13. The average molecular weight is 280 g/mol. The van der Waals surface area contributed by atoms with Crippen molar-refractivity contribution in [2.45, 2.75) is 20.8 Å². The Kier molecular flexibility index (Phi) is 4.37. The molecule has 0 saturated carbocycles. The molecule has 0 aliphatic carbocycles. The Bertz CT molecular complexity index is 627. The number of rotatable bonds is 5. The maximum Gasteiger partial charge on any atom is 0.169 e. The predicted octanol–water partition coefficient (Wildman–Crippen LogP) is 4.41. The van der Waals surface area contributed by atoms with Gasteiger partial charge in [0.05, 0.1) is 0 Å². The fourth-order valence-corrected chi connectivity index (χ4v) is 2.34. The minimum absolute atomic E-state index is 0.000110. The van der Waals surface area contributed by atoms with Crippen LogP contribution >= 0.6 is 0 Å². The second kappa shape index (κ2) is 6.04. The van der Waals surface area contributed by atoms with Crippen molar-refractivity contribution in [3.05, 3.63) is 71.8 Å². The van der Waals surface area contributed by atoms with Crippen molar-refractivity contribution in [1.82, 2.24) is 0 Å². The third-order valence-corrected chi connectivity index (χ3v) is 4.16. The van der Waals surface area contributed by atoms with Gasteiger partial charge >= 0.3 is 0 Å². The third kappa shape index (κ3) is 3.10. The lowest BCUT2D eigenvalue weighted by Gasteiger charge is -2.29. The molecule has 2 aromatic rings. The van der Waals surface area contributed by atoms with Gasteiger partial charge in [0, 0.05) is 22.5 Å². The summed E-state index contributed by atoms with van der Waals surface area (Å²) >= 11 is 0.